The largest absolute Gasteiger partial charge is 0.358 e. The number of nitrogens with zero attached hydrogens (tertiary/aromatic N) is 4. The summed E-state index contributed by atoms with van der Waals surface area (Å²) in [7, 11) is -3.46. The highest BCUT2D eigenvalue weighted by Gasteiger charge is 2.28. The normalized spacial score (nSPS) is 16.6. The van der Waals surface area contributed by atoms with Crippen molar-refractivity contribution in [2.45, 2.75) is 51.2 Å². The van der Waals surface area contributed by atoms with E-state index >= 15 is 0 Å². The lowest BCUT2D eigenvalue weighted by molar-refractivity contribution is 0.145. The molecule has 0 unspecified atom stereocenters. The fourth-order valence-corrected chi connectivity index (χ4v) is 5.74. The average molecular weight is 456 g/mol. The highest BCUT2D eigenvalue weighted by Crippen LogP contribution is 2.22. The first-order chi connectivity index (χ1) is 13.7. The van der Waals surface area contributed by atoms with Gasteiger partial charge in [-0.15, -0.1) is 5.10 Å². The van der Waals surface area contributed by atoms with Gasteiger partial charge in [0.2, 0.25) is 15.2 Å². The van der Waals surface area contributed by atoms with Crippen molar-refractivity contribution in [2.75, 3.05) is 31.5 Å². The fraction of sp³-hybridized carbons (Fsp3) is 0.579. The molecule has 7 nitrogen and oxygen atoms in total. The van der Waals surface area contributed by atoms with E-state index in [2.05, 4.69) is 43.0 Å². The van der Waals surface area contributed by atoms with Gasteiger partial charge in [-0.1, -0.05) is 37.3 Å². The molecule has 1 fully saturated rings. The summed E-state index contributed by atoms with van der Waals surface area (Å²) in [6, 6.07) is 7.54. The summed E-state index contributed by atoms with van der Waals surface area (Å²) in [6.07, 6.45) is 0. The monoisotopic (exact) mass is 455 g/mol. The zero-order valence-corrected chi connectivity index (χ0v) is 19.8. The SMILES string of the molecule is CC(C)Nc1nn(CN2CCN(S(=O)(=O)c3ccc(C(C)C)cc3)CC2)c(=S)s1. The minimum absolute atomic E-state index is 0.298. The van der Waals surface area contributed by atoms with Gasteiger partial charge in [0.1, 0.15) is 0 Å². The van der Waals surface area contributed by atoms with Gasteiger partial charge in [-0.2, -0.15) is 4.31 Å². The van der Waals surface area contributed by atoms with Crippen LogP contribution in [0, 0.1) is 3.95 Å². The summed E-state index contributed by atoms with van der Waals surface area (Å²) < 4.78 is 30.0. The zero-order chi connectivity index (χ0) is 21.2. The van der Waals surface area contributed by atoms with Crippen molar-refractivity contribution in [3.63, 3.8) is 0 Å². The van der Waals surface area contributed by atoms with Crippen LogP contribution in [-0.4, -0.2) is 59.6 Å². The van der Waals surface area contributed by atoms with Crippen LogP contribution >= 0.6 is 23.6 Å². The average Bonchev–Trinajstić information content (AvgIpc) is 3.00. The molecule has 0 spiro atoms. The van der Waals surface area contributed by atoms with Crippen LogP contribution in [0.1, 0.15) is 39.2 Å². The number of piperazine rings is 1. The van der Waals surface area contributed by atoms with Crippen molar-refractivity contribution in [3.8, 4) is 0 Å². The quantitative estimate of drug-likeness (QED) is 0.644. The molecule has 10 heteroatoms. The number of nitrogens with one attached hydrogen (secondary N) is 1. The van der Waals surface area contributed by atoms with E-state index in [9.17, 15) is 8.42 Å². The first kappa shape index (κ1) is 22.4. The minimum Gasteiger partial charge on any atom is -0.358 e. The summed E-state index contributed by atoms with van der Waals surface area (Å²) in [5.74, 6) is 0.379. The predicted octanol–water partition coefficient (Wildman–Crippen LogP) is 3.58. The van der Waals surface area contributed by atoms with Crippen LogP contribution in [0.2, 0.25) is 0 Å². The predicted molar refractivity (Wildman–Crippen MR) is 121 cm³/mol. The van der Waals surface area contributed by atoms with Crippen molar-refractivity contribution in [2.24, 2.45) is 0 Å². The van der Waals surface area contributed by atoms with E-state index in [0.29, 0.717) is 53.7 Å². The third-order valence-electron chi connectivity index (χ3n) is 4.87. The number of sulfonamides is 1. The van der Waals surface area contributed by atoms with Crippen LogP contribution in [0.4, 0.5) is 5.13 Å². The van der Waals surface area contributed by atoms with E-state index < -0.39 is 10.0 Å². The van der Waals surface area contributed by atoms with Gasteiger partial charge >= 0.3 is 0 Å². The second kappa shape index (κ2) is 9.22. The Kier molecular flexibility index (Phi) is 7.10. The van der Waals surface area contributed by atoms with Gasteiger partial charge in [0.05, 0.1) is 11.6 Å². The maximum Gasteiger partial charge on any atom is 0.243 e. The van der Waals surface area contributed by atoms with E-state index in [1.54, 1.807) is 21.1 Å². The molecule has 29 heavy (non-hydrogen) atoms. The van der Waals surface area contributed by atoms with Crippen LogP contribution in [0.3, 0.4) is 0 Å². The topological polar surface area (TPSA) is 70.5 Å². The van der Waals surface area contributed by atoms with Gasteiger partial charge in [0.15, 0.2) is 3.95 Å². The van der Waals surface area contributed by atoms with Crippen molar-refractivity contribution < 1.29 is 8.42 Å². The summed E-state index contributed by atoms with van der Waals surface area (Å²) in [6.45, 7) is 11.1. The Morgan fingerprint density at radius 2 is 1.72 bits per heavy atom. The van der Waals surface area contributed by atoms with Gasteiger partial charge < -0.3 is 5.32 Å². The molecule has 1 aliphatic heterocycles. The molecule has 1 aliphatic rings. The number of rotatable bonds is 7. The van der Waals surface area contributed by atoms with Gasteiger partial charge in [-0.25, -0.2) is 13.1 Å². The van der Waals surface area contributed by atoms with E-state index in [-0.39, 0.29) is 0 Å². The maximum atomic E-state index is 13.0. The summed E-state index contributed by atoms with van der Waals surface area (Å²) >= 11 is 6.87. The lowest BCUT2D eigenvalue weighted by Crippen LogP contribution is -2.48. The Morgan fingerprint density at radius 3 is 2.28 bits per heavy atom. The third kappa shape index (κ3) is 5.43. The Morgan fingerprint density at radius 1 is 1.10 bits per heavy atom. The Labute approximate surface area is 182 Å². The molecule has 160 valence electrons. The molecular weight excluding hydrogens is 426 g/mol. The summed E-state index contributed by atoms with van der Waals surface area (Å²) in [4.78, 5) is 2.55. The lowest BCUT2D eigenvalue weighted by atomic mass is 10.0. The smallest absolute Gasteiger partial charge is 0.243 e. The Bertz CT molecular complexity index is 972. The van der Waals surface area contributed by atoms with E-state index in [0.717, 1.165) is 10.7 Å². The van der Waals surface area contributed by atoms with Crippen LogP contribution < -0.4 is 5.32 Å². The van der Waals surface area contributed by atoms with Crippen LogP contribution in [0.5, 0.6) is 0 Å². The molecule has 3 rings (SSSR count). The number of aromatic nitrogens is 2. The van der Waals surface area contributed by atoms with E-state index in [1.807, 2.05) is 12.1 Å². The summed E-state index contributed by atoms with van der Waals surface area (Å²) in [5, 5.41) is 8.62. The summed E-state index contributed by atoms with van der Waals surface area (Å²) in [5.41, 5.74) is 1.14. The van der Waals surface area contributed by atoms with Gasteiger partial charge in [0.25, 0.3) is 0 Å². The number of anilines is 1. The zero-order valence-electron chi connectivity index (χ0n) is 17.3. The van der Waals surface area contributed by atoms with Crippen molar-refractivity contribution >= 4 is 38.7 Å². The highest BCUT2D eigenvalue weighted by atomic mass is 32.2. The molecule has 1 aromatic heterocycles. The molecule has 0 radical (unpaired) electrons. The molecule has 0 amide bonds. The molecule has 0 bridgehead atoms. The molecule has 2 heterocycles. The fourth-order valence-electron chi connectivity index (χ4n) is 3.18. The standard InChI is InChI=1S/C19H29N5O2S3/c1-14(2)16-5-7-17(8-6-16)29(25,26)23-11-9-22(10-12-23)13-24-19(27)28-18(21-24)20-15(3)4/h5-8,14-15H,9-13H2,1-4H3,(H,20,21). The maximum absolute atomic E-state index is 13.0. The van der Waals surface area contributed by atoms with E-state index in [4.69, 9.17) is 12.2 Å². The molecular formula is C19H29N5O2S3. The van der Waals surface area contributed by atoms with Crippen LogP contribution in [0.15, 0.2) is 29.2 Å². The van der Waals surface area contributed by atoms with Gasteiger partial charge in [-0.05, 0) is 49.7 Å². The van der Waals surface area contributed by atoms with Crippen molar-refractivity contribution in [3.05, 3.63) is 33.8 Å². The lowest BCUT2D eigenvalue weighted by Gasteiger charge is -2.33. The second-order valence-corrected chi connectivity index (χ2v) is 11.4. The van der Waals surface area contributed by atoms with Crippen LogP contribution in [0.25, 0.3) is 0 Å². The van der Waals surface area contributed by atoms with Gasteiger partial charge in [-0.3, -0.25) is 4.90 Å². The highest BCUT2D eigenvalue weighted by molar-refractivity contribution is 7.89. The number of hydrogen-bond donors (Lipinski definition) is 1. The molecule has 1 aromatic carbocycles. The molecule has 0 saturated carbocycles. The minimum atomic E-state index is -3.46. The van der Waals surface area contributed by atoms with Gasteiger partial charge in [0, 0.05) is 32.2 Å². The van der Waals surface area contributed by atoms with Crippen LogP contribution in [-0.2, 0) is 16.7 Å². The molecule has 0 aliphatic carbocycles. The molecule has 1 N–H and O–H groups in total. The number of benzene rings is 1. The molecule has 1 saturated heterocycles. The third-order valence-corrected chi connectivity index (χ3v) is 8.02. The first-order valence-electron chi connectivity index (χ1n) is 9.84. The molecule has 2 aromatic rings. The van der Waals surface area contributed by atoms with Crippen molar-refractivity contribution in [1.82, 2.24) is 19.0 Å². The number of hydrogen-bond acceptors (Lipinski definition) is 7. The molecule has 0 atom stereocenters. The second-order valence-electron chi connectivity index (χ2n) is 7.86. The Balaban J connectivity index is 1.61. The van der Waals surface area contributed by atoms with E-state index in [1.165, 1.54) is 11.3 Å². The Hall–Kier alpha value is -1.33. The first-order valence-corrected chi connectivity index (χ1v) is 12.5. The van der Waals surface area contributed by atoms with Crippen molar-refractivity contribution in [1.29, 1.82) is 0 Å².